The predicted octanol–water partition coefficient (Wildman–Crippen LogP) is 4.12. The van der Waals surface area contributed by atoms with Crippen molar-refractivity contribution in [3.63, 3.8) is 0 Å². The van der Waals surface area contributed by atoms with Gasteiger partial charge >= 0.3 is 5.57 Å². The van der Waals surface area contributed by atoms with Crippen molar-refractivity contribution in [1.29, 1.82) is 0 Å². The van der Waals surface area contributed by atoms with Gasteiger partial charge in [0.25, 0.3) is 5.91 Å². The first-order valence-electron chi connectivity index (χ1n) is 17.2. The molecule has 2 fully saturated rings. The zero-order valence-corrected chi connectivity index (χ0v) is 29.3. The van der Waals surface area contributed by atoms with Crippen LogP contribution in [0.5, 0.6) is 5.75 Å². The number of nitrogens with zero attached hydrogens (tertiary/aromatic N) is 5. The summed E-state index contributed by atoms with van der Waals surface area (Å²) >= 11 is 4.83. The second-order valence-electron chi connectivity index (χ2n) is 13.5. The summed E-state index contributed by atoms with van der Waals surface area (Å²) in [6.07, 6.45) is 5.32. The molecule has 4 amide bonds. The van der Waals surface area contributed by atoms with Crippen molar-refractivity contribution in [2.45, 2.75) is 56.4 Å². The smallest absolute Gasteiger partial charge is 0.420 e. The number of carbonyl (C=O) groups is 4. The topological polar surface area (TPSA) is 152 Å². The Labute approximate surface area is 307 Å². The zero-order valence-electron chi connectivity index (χ0n) is 28.6. The number of ether oxygens (including phenoxy) is 1. The quantitative estimate of drug-likeness (QED) is 0.218. The number of H-pyrrole nitrogens is 1. The Hall–Kier alpha value is -5.22. The number of hydrogen-bond donors (Lipinski definition) is 3. The number of fused-ring (bicyclic) bond motifs is 1. The van der Waals surface area contributed by atoms with Crippen LogP contribution in [0.2, 0.25) is 0 Å². The van der Waals surface area contributed by atoms with E-state index >= 15 is 4.39 Å². The molecule has 278 valence electrons. The Balaban J connectivity index is 0.969. The SMILES string of the molecule is CN(Cc1ccc2c(c1F)CN(C1CCC(=O)NC1=O)C2=O)C1CCN(C2=NCC(C(=O)Nc3ccc(OC(F)(F)Cl)cc3)C=C2c2ccn[nH]2)CC1. The van der Waals surface area contributed by atoms with Crippen LogP contribution in [-0.2, 0) is 27.5 Å². The van der Waals surface area contributed by atoms with E-state index in [9.17, 15) is 28.0 Å². The Morgan fingerprint density at radius 2 is 1.85 bits per heavy atom. The maximum atomic E-state index is 15.9. The summed E-state index contributed by atoms with van der Waals surface area (Å²) in [5.41, 5.74) is -1.07. The molecule has 2 aromatic carbocycles. The molecule has 0 aliphatic carbocycles. The van der Waals surface area contributed by atoms with E-state index in [0.29, 0.717) is 36.6 Å². The van der Waals surface area contributed by atoms with Crippen molar-refractivity contribution in [1.82, 2.24) is 30.2 Å². The lowest BCUT2D eigenvalue weighted by Crippen LogP contribution is -2.52. The number of amides is 4. The maximum absolute atomic E-state index is 15.9. The molecule has 2 atom stereocenters. The van der Waals surface area contributed by atoms with Crippen molar-refractivity contribution in [2.24, 2.45) is 10.9 Å². The highest BCUT2D eigenvalue weighted by molar-refractivity contribution is 6.23. The normalized spacial score (nSPS) is 21.0. The minimum atomic E-state index is -3.85. The fourth-order valence-corrected chi connectivity index (χ4v) is 7.40. The van der Waals surface area contributed by atoms with Crippen LogP contribution < -0.4 is 15.4 Å². The third-order valence-corrected chi connectivity index (χ3v) is 10.1. The van der Waals surface area contributed by atoms with E-state index in [1.165, 1.54) is 29.2 Å². The van der Waals surface area contributed by atoms with Gasteiger partial charge in [0.05, 0.1) is 24.7 Å². The van der Waals surface area contributed by atoms with E-state index in [1.54, 1.807) is 24.4 Å². The lowest BCUT2D eigenvalue weighted by Gasteiger charge is -2.39. The Morgan fingerprint density at radius 3 is 2.53 bits per heavy atom. The number of benzene rings is 2. The molecule has 53 heavy (non-hydrogen) atoms. The van der Waals surface area contributed by atoms with Crippen LogP contribution in [0.15, 0.2) is 59.7 Å². The van der Waals surface area contributed by atoms with E-state index in [0.717, 1.165) is 24.3 Å². The van der Waals surface area contributed by atoms with Crippen LogP contribution in [0.4, 0.5) is 18.9 Å². The van der Waals surface area contributed by atoms with Crippen molar-refractivity contribution in [3.05, 3.63) is 82.9 Å². The van der Waals surface area contributed by atoms with Gasteiger partial charge in [0, 0.05) is 77.8 Å². The van der Waals surface area contributed by atoms with Gasteiger partial charge in [-0.05, 0) is 62.7 Å². The van der Waals surface area contributed by atoms with E-state index in [4.69, 9.17) is 16.6 Å². The molecule has 4 aliphatic rings. The number of aromatic amines is 1. The van der Waals surface area contributed by atoms with Gasteiger partial charge in [0.15, 0.2) is 0 Å². The molecule has 0 bridgehead atoms. The molecule has 4 aliphatic heterocycles. The molecule has 3 N–H and O–H groups in total. The summed E-state index contributed by atoms with van der Waals surface area (Å²) in [5, 5.41) is 12.1. The number of alkyl halides is 3. The second kappa shape index (κ2) is 14.7. The van der Waals surface area contributed by atoms with Gasteiger partial charge in [-0.3, -0.25) is 39.5 Å². The molecule has 0 spiro atoms. The number of nitrogens with one attached hydrogen (secondary N) is 3. The van der Waals surface area contributed by atoms with Gasteiger partial charge in [-0.1, -0.05) is 12.1 Å². The fourth-order valence-electron chi connectivity index (χ4n) is 7.31. The summed E-state index contributed by atoms with van der Waals surface area (Å²) in [6, 6.07) is 9.80. The van der Waals surface area contributed by atoms with Crippen LogP contribution in [0.1, 0.15) is 52.9 Å². The molecule has 1 aromatic heterocycles. The lowest BCUT2D eigenvalue weighted by atomic mass is 9.96. The molecule has 2 saturated heterocycles. The van der Waals surface area contributed by atoms with Crippen molar-refractivity contribution in [3.8, 4) is 5.75 Å². The van der Waals surface area contributed by atoms with Crippen LogP contribution in [0.25, 0.3) is 5.57 Å². The number of carbonyl (C=O) groups excluding carboxylic acids is 4. The highest BCUT2D eigenvalue weighted by Gasteiger charge is 2.41. The largest absolute Gasteiger partial charge is 0.487 e. The molecule has 2 unspecified atom stereocenters. The summed E-state index contributed by atoms with van der Waals surface area (Å²) in [7, 11) is 1.94. The van der Waals surface area contributed by atoms with Crippen LogP contribution in [-0.4, -0.2) is 98.7 Å². The van der Waals surface area contributed by atoms with Gasteiger partial charge in [-0.15, -0.1) is 8.78 Å². The summed E-state index contributed by atoms with van der Waals surface area (Å²) in [5.74, 6) is -2.15. The van der Waals surface area contributed by atoms with Gasteiger partial charge in [-0.2, -0.15) is 5.10 Å². The number of dihydropyridines is 1. The molecule has 0 saturated carbocycles. The van der Waals surface area contributed by atoms with Gasteiger partial charge < -0.3 is 19.9 Å². The van der Waals surface area contributed by atoms with Crippen molar-refractivity contribution < 1.29 is 37.1 Å². The first-order chi connectivity index (χ1) is 25.3. The van der Waals surface area contributed by atoms with Crippen molar-refractivity contribution in [2.75, 3.05) is 32.0 Å². The Bertz CT molecular complexity index is 1980. The number of likely N-dealkylation sites (tertiary alicyclic amines) is 1. The molecule has 5 heterocycles. The maximum Gasteiger partial charge on any atom is 0.487 e. The molecule has 13 nitrogen and oxygen atoms in total. The molecule has 17 heteroatoms. The number of amidine groups is 1. The molecular weight excluding hydrogens is 717 g/mol. The number of hydrogen-bond acceptors (Lipinski definition) is 9. The summed E-state index contributed by atoms with van der Waals surface area (Å²) < 4.78 is 46.1. The van der Waals surface area contributed by atoms with E-state index in [1.807, 2.05) is 13.1 Å². The van der Waals surface area contributed by atoms with Crippen LogP contribution in [0, 0.1) is 11.7 Å². The second-order valence-corrected chi connectivity index (χ2v) is 13.9. The number of anilines is 1. The average molecular weight is 753 g/mol. The third kappa shape index (κ3) is 7.78. The number of rotatable bonds is 9. The number of halogens is 4. The van der Waals surface area contributed by atoms with Gasteiger partial charge in [-0.25, -0.2) is 4.39 Å². The number of aliphatic imine (C=N–C) groups is 1. The van der Waals surface area contributed by atoms with Gasteiger partial charge in [0.1, 0.15) is 23.4 Å². The highest BCUT2D eigenvalue weighted by Crippen LogP contribution is 2.33. The van der Waals surface area contributed by atoms with E-state index in [2.05, 4.69) is 35.4 Å². The highest BCUT2D eigenvalue weighted by atomic mass is 35.5. The standard InChI is InChI=1S/C36H36ClF3N8O5/c1-46(18-20-2-7-25-27(31(20)38)19-48(35(25)52)29-8-9-30(49)44-34(29)51)23-11-14-47(15-12-23)32-26(28-10-13-42-45-28)16-21(17-41-32)33(50)43-22-3-5-24(6-4-22)53-36(37,39)40/h2-7,10,13,16,21,23,29H,8-9,11-12,14-15,17-19H2,1H3,(H,42,45)(H,43,50)(H,44,49,51). The fraction of sp³-hybridized carbons (Fsp3) is 0.389. The monoisotopic (exact) mass is 752 g/mol. The Morgan fingerprint density at radius 1 is 1.09 bits per heavy atom. The van der Waals surface area contributed by atoms with Crippen LogP contribution >= 0.6 is 11.6 Å². The molecular formula is C36H36ClF3N8O5. The predicted molar refractivity (Wildman–Crippen MR) is 187 cm³/mol. The van der Waals surface area contributed by atoms with Gasteiger partial charge in [0.2, 0.25) is 17.7 Å². The van der Waals surface area contributed by atoms with E-state index in [-0.39, 0.29) is 60.7 Å². The van der Waals surface area contributed by atoms with Crippen molar-refractivity contribution >= 4 is 52.3 Å². The first kappa shape index (κ1) is 36.2. The molecule has 0 radical (unpaired) electrons. The minimum Gasteiger partial charge on any atom is -0.420 e. The summed E-state index contributed by atoms with van der Waals surface area (Å²) in [6.45, 7) is 1.81. The zero-order chi connectivity index (χ0) is 37.4. The third-order valence-electron chi connectivity index (χ3n) is 10.1. The van der Waals surface area contributed by atoms with E-state index < -0.39 is 35.2 Å². The van der Waals surface area contributed by atoms with Crippen LogP contribution in [0.3, 0.4) is 0 Å². The number of piperidine rings is 2. The number of aromatic nitrogens is 2. The lowest BCUT2D eigenvalue weighted by molar-refractivity contribution is -0.137. The molecule has 7 rings (SSSR count). The first-order valence-corrected chi connectivity index (χ1v) is 17.6. The molecule has 3 aromatic rings. The Kier molecular flexibility index (Phi) is 10.00. The number of imide groups is 1. The average Bonchev–Trinajstić information content (AvgIpc) is 3.78. The minimum absolute atomic E-state index is 0.0275. The summed E-state index contributed by atoms with van der Waals surface area (Å²) in [4.78, 5) is 60.8.